The molecular weight excluding hydrogens is 352 g/mol. The molecule has 0 spiro atoms. The number of likely N-dealkylation sites (tertiary alicyclic amines) is 1. The Morgan fingerprint density at radius 2 is 2.19 bits per heavy atom. The molecule has 6 heteroatoms. The maximum atomic E-state index is 13.0. The van der Waals surface area contributed by atoms with E-state index in [1.807, 2.05) is 36.9 Å². The van der Waals surface area contributed by atoms with Crippen molar-refractivity contribution >= 4 is 23.4 Å². The van der Waals surface area contributed by atoms with Gasteiger partial charge in [0.05, 0.1) is 5.92 Å². The van der Waals surface area contributed by atoms with Crippen LogP contribution in [-0.4, -0.2) is 43.0 Å². The minimum atomic E-state index is -0.162. The van der Waals surface area contributed by atoms with Crippen molar-refractivity contribution in [2.75, 3.05) is 26.2 Å². The summed E-state index contributed by atoms with van der Waals surface area (Å²) in [6.07, 6.45) is 2.69. The lowest BCUT2D eigenvalue weighted by atomic mass is 9.92. The van der Waals surface area contributed by atoms with Gasteiger partial charge in [-0.1, -0.05) is 25.4 Å². The fourth-order valence-electron chi connectivity index (χ4n) is 3.66. The molecule has 3 rings (SSSR count). The quantitative estimate of drug-likeness (QED) is 0.876. The lowest BCUT2D eigenvalue weighted by molar-refractivity contribution is -0.138. The van der Waals surface area contributed by atoms with E-state index in [0.717, 1.165) is 30.7 Å². The zero-order valence-electron chi connectivity index (χ0n) is 15.5. The van der Waals surface area contributed by atoms with Crippen molar-refractivity contribution in [2.24, 2.45) is 17.8 Å². The molecule has 0 radical (unpaired) electrons. The number of carbonyl (C=O) groups is 2. The molecular formula is C20H27ClN2O3. The molecule has 0 aromatic heterocycles. The Labute approximate surface area is 160 Å². The first-order valence-corrected chi connectivity index (χ1v) is 9.79. The van der Waals surface area contributed by atoms with E-state index in [9.17, 15) is 9.59 Å². The predicted molar refractivity (Wildman–Crippen MR) is 101 cm³/mol. The monoisotopic (exact) mass is 378 g/mol. The Hall–Kier alpha value is -1.75. The largest absolute Gasteiger partial charge is 0.492 e. The third-order valence-electron chi connectivity index (χ3n) is 5.20. The number of nitrogens with zero attached hydrogens (tertiary/aromatic N) is 1. The Morgan fingerprint density at radius 1 is 1.38 bits per heavy atom. The van der Waals surface area contributed by atoms with Crippen LogP contribution in [0.1, 0.15) is 32.3 Å². The van der Waals surface area contributed by atoms with Crippen molar-refractivity contribution in [3.63, 3.8) is 0 Å². The second-order valence-corrected chi connectivity index (χ2v) is 8.09. The average molecular weight is 379 g/mol. The molecule has 0 aliphatic carbocycles. The summed E-state index contributed by atoms with van der Waals surface area (Å²) in [5.41, 5.74) is 1.000. The van der Waals surface area contributed by atoms with Gasteiger partial charge in [0.2, 0.25) is 11.8 Å². The number of hydrogen-bond acceptors (Lipinski definition) is 3. The highest BCUT2D eigenvalue weighted by atomic mass is 35.5. The molecule has 1 aromatic carbocycles. The number of benzene rings is 1. The van der Waals surface area contributed by atoms with Crippen molar-refractivity contribution in [2.45, 2.75) is 33.1 Å². The van der Waals surface area contributed by atoms with E-state index in [4.69, 9.17) is 16.3 Å². The Bertz CT molecular complexity index is 677. The fourth-order valence-corrected chi connectivity index (χ4v) is 3.86. The number of nitrogens with one attached hydrogen (secondary N) is 1. The molecule has 1 aromatic rings. The van der Waals surface area contributed by atoms with Gasteiger partial charge in [-0.2, -0.15) is 0 Å². The number of amides is 2. The summed E-state index contributed by atoms with van der Waals surface area (Å²) in [6.45, 7) is 6.32. The molecule has 0 saturated carbocycles. The highest BCUT2D eigenvalue weighted by molar-refractivity contribution is 6.30. The van der Waals surface area contributed by atoms with Crippen molar-refractivity contribution in [3.05, 3.63) is 28.8 Å². The third-order valence-corrected chi connectivity index (χ3v) is 5.43. The van der Waals surface area contributed by atoms with Gasteiger partial charge in [-0.05, 0) is 48.9 Å². The van der Waals surface area contributed by atoms with Crippen molar-refractivity contribution in [3.8, 4) is 5.75 Å². The van der Waals surface area contributed by atoms with E-state index in [-0.39, 0.29) is 23.7 Å². The molecule has 0 unspecified atom stereocenters. The van der Waals surface area contributed by atoms with Crippen LogP contribution in [0.2, 0.25) is 5.02 Å². The first kappa shape index (κ1) is 19.0. The van der Waals surface area contributed by atoms with E-state index >= 15 is 0 Å². The summed E-state index contributed by atoms with van der Waals surface area (Å²) in [5.74, 6) is 1.19. The van der Waals surface area contributed by atoms with Crippen molar-refractivity contribution in [1.82, 2.24) is 10.2 Å². The molecule has 5 nitrogen and oxygen atoms in total. The van der Waals surface area contributed by atoms with E-state index in [1.54, 1.807) is 0 Å². The highest BCUT2D eigenvalue weighted by Gasteiger charge is 2.32. The number of rotatable bonds is 4. The molecule has 2 heterocycles. The average Bonchev–Trinajstić information content (AvgIpc) is 2.65. The molecule has 0 bridgehead atoms. The standard InChI is InChI=1S/C20H27ClN2O3/c1-13(2)19(24)22-10-14-4-3-7-23(11-14)20(25)16-8-15-9-17(21)5-6-18(15)26-12-16/h5-6,9,13-14,16H,3-4,7-8,10-12H2,1-2H3,(H,22,24)/t14-,16+/m0/s1. The number of carbonyl (C=O) groups excluding carboxylic acids is 2. The highest BCUT2D eigenvalue weighted by Crippen LogP contribution is 2.31. The van der Waals surface area contributed by atoms with Gasteiger partial charge in [0.1, 0.15) is 12.4 Å². The van der Waals surface area contributed by atoms with Crippen molar-refractivity contribution in [1.29, 1.82) is 0 Å². The summed E-state index contributed by atoms with van der Waals surface area (Å²) in [4.78, 5) is 26.7. The summed E-state index contributed by atoms with van der Waals surface area (Å²) in [7, 11) is 0. The minimum Gasteiger partial charge on any atom is -0.492 e. The number of hydrogen-bond donors (Lipinski definition) is 1. The van der Waals surface area contributed by atoms with E-state index in [0.29, 0.717) is 37.1 Å². The molecule has 142 valence electrons. The SMILES string of the molecule is CC(C)C(=O)NC[C@@H]1CCCN(C(=O)[C@H]2COc3ccc(Cl)cc3C2)C1. The topological polar surface area (TPSA) is 58.6 Å². The molecule has 2 aliphatic rings. The number of fused-ring (bicyclic) bond motifs is 1. The van der Waals surface area contributed by atoms with Gasteiger partial charge >= 0.3 is 0 Å². The van der Waals surface area contributed by atoms with Crippen LogP contribution in [0.3, 0.4) is 0 Å². The molecule has 26 heavy (non-hydrogen) atoms. The van der Waals surface area contributed by atoms with E-state index in [1.165, 1.54) is 0 Å². The molecule has 2 atom stereocenters. The van der Waals surface area contributed by atoms with Gasteiger partial charge in [-0.25, -0.2) is 0 Å². The Balaban J connectivity index is 1.57. The third kappa shape index (κ3) is 4.50. The van der Waals surface area contributed by atoms with E-state index in [2.05, 4.69) is 5.32 Å². The molecule has 2 aliphatic heterocycles. The van der Waals surface area contributed by atoms with E-state index < -0.39 is 0 Å². The molecule has 1 N–H and O–H groups in total. The van der Waals surface area contributed by atoms with Gasteiger partial charge in [-0.3, -0.25) is 9.59 Å². The van der Waals surface area contributed by atoms with Gasteiger partial charge in [0.15, 0.2) is 0 Å². The fraction of sp³-hybridized carbons (Fsp3) is 0.600. The van der Waals surface area contributed by atoms with Crippen LogP contribution in [0, 0.1) is 17.8 Å². The smallest absolute Gasteiger partial charge is 0.229 e. The summed E-state index contributed by atoms with van der Waals surface area (Å²) < 4.78 is 5.77. The maximum absolute atomic E-state index is 13.0. The predicted octanol–water partition coefficient (Wildman–Crippen LogP) is 2.90. The van der Waals surface area contributed by atoms with Crippen LogP contribution >= 0.6 is 11.6 Å². The second-order valence-electron chi connectivity index (χ2n) is 7.66. The van der Waals surface area contributed by atoms with Crippen LogP contribution in [0.4, 0.5) is 0 Å². The van der Waals surface area contributed by atoms with Gasteiger partial charge < -0.3 is 15.0 Å². The lowest BCUT2D eigenvalue weighted by Crippen LogP contribution is -2.48. The normalized spacial score (nSPS) is 22.5. The summed E-state index contributed by atoms with van der Waals surface area (Å²) >= 11 is 6.07. The second kappa shape index (κ2) is 8.30. The lowest BCUT2D eigenvalue weighted by Gasteiger charge is -2.36. The summed E-state index contributed by atoms with van der Waals surface area (Å²) in [6, 6.07) is 5.56. The van der Waals surface area contributed by atoms with Crippen LogP contribution in [-0.2, 0) is 16.0 Å². The van der Waals surface area contributed by atoms with Gasteiger partial charge in [-0.15, -0.1) is 0 Å². The first-order chi connectivity index (χ1) is 12.4. The zero-order valence-corrected chi connectivity index (χ0v) is 16.2. The van der Waals surface area contributed by atoms with Crippen LogP contribution in [0.15, 0.2) is 18.2 Å². The maximum Gasteiger partial charge on any atom is 0.229 e. The van der Waals surface area contributed by atoms with Crippen LogP contribution in [0.5, 0.6) is 5.75 Å². The Kier molecular flexibility index (Phi) is 6.07. The van der Waals surface area contributed by atoms with Gasteiger partial charge in [0, 0.05) is 30.6 Å². The number of halogens is 1. The number of piperidine rings is 1. The molecule has 1 saturated heterocycles. The molecule has 1 fully saturated rings. The van der Waals surface area contributed by atoms with Gasteiger partial charge in [0.25, 0.3) is 0 Å². The Morgan fingerprint density at radius 3 is 2.96 bits per heavy atom. The van der Waals surface area contributed by atoms with Crippen LogP contribution in [0.25, 0.3) is 0 Å². The number of ether oxygens (including phenoxy) is 1. The zero-order chi connectivity index (χ0) is 18.7. The van der Waals surface area contributed by atoms with Crippen LogP contribution < -0.4 is 10.1 Å². The molecule has 2 amide bonds. The van der Waals surface area contributed by atoms with Crippen molar-refractivity contribution < 1.29 is 14.3 Å². The minimum absolute atomic E-state index is 0.0115. The summed E-state index contributed by atoms with van der Waals surface area (Å²) in [5, 5.41) is 3.66. The first-order valence-electron chi connectivity index (χ1n) is 9.41.